The Hall–Kier alpha value is -3.91. The highest BCUT2D eigenvalue weighted by molar-refractivity contribution is 7.03. The van der Waals surface area contributed by atoms with Crippen LogP contribution in [-0.2, 0) is 6.54 Å². The fourth-order valence-corrected chi connectivity index (χ4v) is 4.45. The molecule has 8 heteroatoms. The molecule has 0 saturated heterocycles. The number of nitrogens with one attached hydrogen (secondary N) is 1. The van der Waals surface area contributed by atoms with Crippen molar-refractivity contribution in [2.24, 2.45) is 0 Å². The Labute approximate surface area is 175 Å². The van der Waals surface area contributed by atoms with Crippen LogP contribution in [0.4, 0.5) is 0 Å². The summed E-state index contributed by atoms with van der Waals surface area (Å²) in [4.78, 5) is 0. The van der Waals surface area contributed by atoms with Crippen molar-refractivity contribution in [1.29, 1.82) is 0 Å². The van der Waals surface area contributed by atoms with Crippen molar-refractivity contribution >= 4 is 33.3 Å². The lowest BCUT2D eigenvalue weighted by molar-refractivity contribution is 0.869. The van der Waals surface area contributed by atoms with E-state index in [0.717, 1.165) is 28.9 Å². The average molecular weight is 409 g/mol. The third-order valence-corrected chi connectivity index (χ3v) is 5.83. The van der Waals surface area contributed by atoms with E-state index in [1.165, 1.54) is 33.4 Å². The molecule has 144 valence electrons. The van der Waals surface area contributed by atoms with Crippen molar-refractivity contribution in [1.82, 2.24) is 34.8 Å². The van der Waals surface area contributed by atoms with E-state index in [4.69, 9.17) is 0 Å². The number of aromatic amines is 1. The lowest BCUT2D eigenvalue weighted by Crippen LogP contribution is -2.01. The second-order valence-electron chi connectivity index (χ2n) is 7.03. The fraction of sp³-hybridized carbons (Fsp3) is 0.0455. The summed E-state index contributed by atoms with van der Waals surface area (Å²) in [5.74, 6) is 0.594. The van der Waals surface area contributed by atoms with Gasteiger partial charge in [0, 0.05) is 39.3 Å². The molecule has 0 fully saturated rings. The molecule has 0 aliphatic heterocycles. The number of tetrazole rings is 1. The number of H-pyrrole nitrogens is 1. The minimum atomic E-state index is 0.594. The van der Waals surface area contributed by atoms with Gasteiger partial charge in [0.1, 0.15) is 5.69 Å². The molecular formula is C22H15N7S. The van der Waals surface area contributed by atoms with Crippen molar-refractivity contribution in [3.05, 3.63) is 77.7 Å². The molecule has 6 aromatic rings. The van der Waals surface area contributed by atoms with Crippen molar-refractivity contribution in [3.63, 3.8) is 0 Å². The highest BCUT2D eigenvalue weighted by Gasteiger charge is 2.17. The first-order chi connectivity index (χ1) is 14.9. The summed E-state index contributed by atoms with van der Waals surface area (Å²) in [7, 11) is 0. The van der Waals surface area contributed by atoms with Crippen molar-refractivity contribution in [2.75, 3.05) is 0 Å². The largest absolute Gasteiger partial charge is 0.335 e. The molecule has 3 aromatic heterocycles. The summed E-state index contributed by atoms with van der Waals surface area (Å²) >= 11 is 1.36. The van der Waals surface area contributed by atoms with E-state index in [1.807, 2.05) is 17.5 Å². The minimum Gasteiger partial charge on any atom is -0.335 e. The number of hydrogen-bond acceptors (Lipinski definition) is 6. The van der Waals surface area contributed by atoms with E-state index in [-0.39, 0.29) is 0 Å². The maximum absolute atomic E-state index is 4.22. The lowest BCUT2D eigenvalue weighted by atomic mass is 10.1. The zero-order chi connectivity index (χ0) is 19.9. The van der Waals surface area contributed by atoms with Crippen LogP contribution < -0.4 is 0 Å². The summed E-state index contributed by atoms with van der Waals surface area (Å²) in [5.41, 5.74) is 6.42. The van der Waals surface area contributed by atoms with Gasteiger partial charge in [0.25, 0.3) is 0 Å². The van der Waals surface area contributed by atoms with Crippen LogP contribution in [0.1, 0.15) is 5.56 Å². The van der Waals surface area contributed by atoms with Crippen LogP contribution in [0.15, 0.2) is 72.1 Å². The van der Waals surface area contributed by atoms with E-state index in [1.54, 1.807) is 0 Å². The zero-order valence-electron chi connectivity index (χ0n) is 15.7. The summed E-state index contributed by atoms with van der Waals surface area (Å²) in [6.45, 7) is 0.731. The third kappa shape index (κ3) is 2.69. The van der Waals surface area contributed by atoms with Crippen LogP contribution in [0.5, 0.6) is 0 Å². The maximum atomic E-state index is 4.22. The molecular weight excluding hydrogens is 394 g/mol. The summed E-state index contributed by atoms with van der Waals surface area (Å²) < 4.78 is 6.28. The Morgan fingerprint density at radius 2 is 1.73 bits per heavy atom. The number of aromatic nitrogens is 7. The molecule has 0 bridgehead atoms. The topological polar surface area (TPSA) is 85.2 Å². The van der Waals surface area contributed by atoms with E-state index in [2.05, 4.69) is 89.4 Å². The van der Waals surface area contributed by atoms with Gasteiger partial charge in [0.05, 0.1) is 5.52 Å². The molecule has 0 radical (unpaired) electrons. The average Bonchev–Trinajstić information content (AvgIpc) is 3.56. The van der Waals surface area contributed by atoms with Crippen LogP contribution in [0.2, 0.25) is 0 Å². The molecule has 1 N–H and O–H groups in total. The molecule has 3 aromatic carbocycles. The van der Waals surface area contributed by atoms with Crippen LogP contribution in [0, 0.1) is 0 Å². The first kappa shape index (κ1) is 17.0. The highest BCUT2D eigenvalue weighted by Crippen LogP contribution is 2.35. The summed E-state index contributed by atoms with van der Waals surface area (Å²) in [6.07, 6.45) is 0. The van der Waals surface area contributed by atoms with Crippen LogP contribution in [0.3, 0.4) is 0 Å². The Bertz CT molecular complexity index is 1450. The van der Waals surface area contributed by atoms with Crippen LogP contribution >= 0.6 is 11.5 Å². The van der Waals surface area contributed by atoms with Gasteiger partial charge in [0.2, 0.25) is 5.82 Å². The van der Waals surface area contributed by atoms with Gasteiger partial charge in [-0.15, -0.1) is 15.3 Å². The predicted octanol–water partition coefficient (Wildman–Crippen LogP) is 4.54. The Morgan fingerprint density at radius 3 is 2.53 bits per heavy atom. The van der Waals surface area contributed by atoms with E-state index >= 15 is 0 Å². The molecule has 0 amide bonds. The van der Waals surface area contributed by atoms with Gasteiger partial charge in [-0.1, -0.05) is 59.1 Å². The first-order valence-electron chi connectivity index (χ1n) is 9.48. The quantitative estimate of drug-likeness (QED) is 0.462. The number of rotatable bonds is 4. The monoisotopic (exact) mass is 409 g/mol. The maximum Gasteiger partial charge on any atom is 0.206 e. The minimum absolute atomic E-state index is 0.594. The third-order valence-electron chi connectivity index (χ3n) is 5.33. The van der Waals surface area contributed by atoms with Gasteiger partial charge in [-0.3, -0.25) is 0 Å². The number of hydrogen-bond donors (Lipinski definition) is 1. The van der Waals surface area contributed by atoms with E-state index in [0.29, 0.717) is 5.82 Å². The van der Waals surface area contributed by atoms with E-state index in [9.17, 15) is 0 Å². The predicted molar refractivity (Wildman–Crippen MR) is 117 cm³/mol. The highest BCUT2D eigenvalue weighted by atomic mass is 32.1. The Balaban J connectivity index is 1.53. The standard InChI is InChI=1S/C22H15N7S/c1-2-7-20-16(4-1)17-5-3-6-18(22-24-26-27-25-22)21(17)29(20)12-14-8-10-15(11-9-14)19-13-30-28-23-19/h1-11,13H,12H2,(H,24,25,26,27). The van der Waals surface area contributed by atoms with Gasteiger partial charge >= 0.3 is 0 Å². The van der Waals surface area contributed by atoms with Gasteiger partial charge in [0.15, 0.2) is 0 Å². The number of nitrogens with zero attached hydrogens (tertiary/aromatic N) is 6. The molecule has 0 aliphatic rings. The second-order valence-corrected chi connectivity index (χ2v) is 7.64. The Morgan fingerprint density at radius 1 is 0.867 bits per heavy atom. The van der Waals surface area contributed by atoms with E-state index < -0.39 is 0 Å². The lowest BCUT2D eigenvalue weighted by Gasteiger charge is -2.10. The van der Waals surface area contributed by atoms with Crippen LogP contribution in [0.25, 0.3) is 44.5 Å². The number of para-hydroxylation sites is 2. The number of fused-ring (bicyclic) bond motifs is 3. The van der Waals surface area contributed by atoms with Gasteiger partial charge in [-0.2, -0.15) is 5.21 Å². The van der Waals surface area contributed by atoms with Gasteiger partial charge < -0.3 is 4.57 Å². The molecule has 7 nitrogen and oxygen atoms in total. The molecule has 0 atom stereocenters. The zero-order valence-corrected chi connectivity index (χ0v) is 16.5. The van der Waals surface area contributed by atoms with Crippen molar-refractivity contribution in [3.8, 4) is 22.6 Å². The van der Waals surface area contributed by atoms with Crippen LogP contribution in [-0.4, -0.2) is 34.8 Å². The van der Waals surface area contributed by atoms with Gasteiger partial charge in [-0.25, -0.2) is 0 Å². The fourth-order valence-electron chi connectivity index (χ4n) is 3.98. The molecule has 0 spiro atoms. The number of benzene rings is 3. The van der Waals surface area contributed by atoms with Crippen molar-refractivity contribution < 1.29 is 0 Å². The summed E-state index contributed by atoms with van der Waals surface area (Å²) in [5, 5.41) is 23.3. The smallest absolute Gasteiger partial charge is 0.206 e. The molecule has 0 aliphatic carbocycles. The molecule has 0 unspecified atom stereocenters. The van der Waals surface area contributed by atoms with Crippen molar-refractivity contribution in [2.45, 2.75) is 6.54 Å². The summed E-state index contributed by atoms with van der Waals surface area (Å²) in [6, 6.07) is 23.2. The Kier molecular flexibility index (Phi) is 3.88. The first-order valence-corrected chi connectivity index (χ1v) is 10.3. The molecule has 3 heterocycles. The molecule has 30 heavy (non-hydrogen) atoms. The SMILES string of the molecule is c1ccc2c(c1)c1cccc(-c3nn[nH]n3)c1n2Cc1ccc(-c2csnn2)cc1. The molecule has 6 rings (SSSR count). The second kappa shape index (κ2) is 6.85. The normalized spacial score (nSPS) is 11.5. The van der Waals surface area contributed by atoms with Gasteiger partial charge in [-0.05, 0) is 34.4 Å². The molecule has 0 saturated carbocycles.